The fraction of sp³-hybridized carbons (Fsp3) is 0.556. The Hall–Kier alpha value is -0.920. The van der Waals surface area contributed by atoms with Crippen LogP contribution in [0.15, 0.2) is 35.3 Å². The Kier molecular flexibility index (Phi) is 53.7. The summed E-state index contributed by atoms with van der Waals surface area (Å²) in [7, 11) is 0. The average Bonchev–Trinajstić information content (AvgIpc) is 2.13. The van der Waals surface area contributed by atoms with Crippen LogP contribution < -0.4 is 0 Å². The molecule has 2 heteroatoms. The van der Waals surface area contributed by atoms with Crippen molar-refractivity contribution < 1.29 is 0 Å². The van der Waals surface area contributed by atoms with Crippen molar-refractivity contribution in [1.29, 1.82) is 0 Å². The van der Waals surface area contributed by atoms with Crippen molar-refractivity contribution in [2.24, 2.45) is 10.2 Å². The van der Waals surface area contributed by atoms with Gasteiger partial charge in [-0.15, -0.1) is 0 Å². The molecule has 0 aromatic carbocycles. The van der Waals surface area contributed by atoms with Crippen LogP contribution in [0.4, 0.5) is 0 Å². The van der Waals surface area contributed by atoms with E-state index < -0.39 is 0 Å². The SMILES string of the molecule is C=CN=N/C=C\C.CC.CC. The third kappa shape index (κ3) is 48.0. The topological polar surface area (TPSA) is 24.7 Å². The van der Waals surface area contributed by atoms with E-state index in [2.05, 4.69) is 16.8 Å². The Morgan fingerprint density at radius 1 is 1.00 bits per heavy atom. The molecule has 2 nitrogen and oxygen atoms in total. The van der Waals surface area contributed by atoms with E-state index in [9.17, 15) is 0 Å². The quantitative estimate of drug-likeness (QED) is 0.536. The summed E-state index contributed by atoms with van der Waals surface area (Å²) in [5.74, 6) is 0. The van der Waals surface area contributed by atoms with Gasteiger partial charge in [-0.05, 0) is 6.92 Å². The second-order valence-electron chi connectivity index (χ2n) is 0.896. The first-order valence-electron chi connectivity index (χ1n) is 4.04. The van der Waals surface area contributed by atoms with Gasteiger partial charge in [0.2, 0.25) is 0 Å². The summed E-state index contributed by atoms with van der Waals surface area (Å²) in [6.07, 6.45) is 4.79. The predicted molar refractivity (Wildman–Crippen MR) is 52.6 cm³/mol. The van der Waals surface area contributed by atoms with E-state index >= 15 is 0 Å². The van der Waals surface area contributed by atoms with E-state index in [-0.39, 0.29) is 0 Å². The zero-order valence-corrected chi connectivity index (χ0v) is 8.33. The number of hydrogen-bond donors (Lipinski definition) is 0. The van der Waals surface area contributed by atoms with Gasteiger partial charge in [-0.3, -0.25) is 0 Å². The number of nitrogens with zero attached hydrogens (tertiary/aromatic N) is 2. The molecule has 0 aromatic heterocycles. The van der Waals surface area contributed by atoms with Crippen LogP contribution in [-0.2, 0) is 0 Å². The highest BCUT2D eigenvalue weighted by molar-refractivity contribution is 4.73. The molecule has 0 N–H and O–H groups in total. The minimum Gasteiger partial charge on any atom is -0.160 e. The second kappa shape index (κ2) is 35.6. The van der Waals surface area contributed by atoms with Gasteiger partial charge in [-0.2, -0.15) is 10.2 Å². The third-order valence-electron chi connectivity index (χ3n) is 0.364. The van der Waals surface area contributed by atoms with Gasteiger partial charge < -0.3 is 0 Å². The molecule has 0 radical (unpaired) electrons. The summed E-state index contributed by atoms with van der Waals surface area (Å²) in [6.45, 7) is 13.2. The van der Waals surface area contributed by atoms with Crippen molar-refractivity contribution in [2.45, 2.75) is 34.6 Å². The summed E-state index contributed by atoms with van der Waals surface area (Å²) >= 11 is 0. The Morgan fingerprint density at radius 3 is 1.73 bits per heavy atom. The highest BCUT2D eigenvalue weighted by atomic mass is 15.1. The highest BCUT2D eigenvalue weighted by Gasteiger charge is 1.52. The molecule has 0 saturated carbocycles. The molecular formula is C9H20N2. The zero-order valence-electron chi connectivity index (χ0n) is 8.33. The summed E-state index contributed by atoms with van der Waals surface area (Å²) in [5.41, 5.74) is 0. The molecule has 0 fully saturated rings. The van der Waals surface area contributed by atoms with E-state index in [1.807, 2.05) is 34.6 Å². The predicted octanol–water partition coefficient (Wildman–Crippen LogP) is 4.17. The Labute approximate surface area is 70.7 Å². The van der Waals surface area contributed by atoms with Crippen molar-refractivity contribution in [3.05, 3.63) is 25.1 Å². The van der Waals surface area contributed by atoms with E-state index in [4.69, 9.17) is 0 Å². The lowest BCUT2D eigenvalue weighted by Crippen LogP contribution is -1.41. The lowest BCUT2D eigenvalue weighted by atomic mass is 10.7. The molecule has 66 valence electrons. The van der Waals surface area contributed by atoms with Crippen LogP contribution in [-0.4, -0.2) is 0 Å². The van der Waals surface area contributed by atoms with Crippen LogP contribution in [0.5, 0.6) is 0 Å². The molecule has 0 aromatic rings. The van der Waals surface area contributed by atoms with Crippen LogP contribution in [0.1, 0.15) is 34.6 Å². The maximum Gasteiger partial charge on any atom is 0.0452 e. The average molecular weight is 156 g/mol. The maximum absolute atomic E-state index is 3.53. The fourth-order valence-electron chi connectivity index (χ4n) is 0.152. The van der Waals surface area contributed by atoms with Crippen molar-refractivity contribution in [2.75, 3.05) is 0 Å². The first kappa shape index (κ1) is 16.6. The molecule has 11 heavy (non-hydrogen) atoms. The monoisotopic (exact) mass is 156 g/mol. The molecular weight excluding hydrogens is 136 g/mol. The molecule has 0 aliphatic heterocycles. The molecule has 0 unspecified atom stereocenters. The Morgan fingerprint density at radius 2 is 1.45 bits per heavy atom. The largest absolute Gasteiger partial charge is 0.160 e. The molecule has 0 aliphatic carbocycles. The van der Waals surface area contributed by atoms with Gasteiger partial charge >= 0.3 is 0 Å². The van der Waals surface area contributed by atoms with Crippen LogP contribution >= 0.6 is 0 Å². The number of azo groups is 1. The Bertz CT molecular complexity index is 93.7. The minimum absolute atomic E-state index is 1.39. The third-order valence-corrected chi connectivity index (χ3v) is 0.364. The standard InChI is InChI=1S/C5H8N2.2C2H6/c1-3-5-7-6-4-2;2*1-2/h3-5H,2H2,1H3;2*1-2H3/b5-3-,7-6?;;. The first-order chi connectivity index (χ1) is 5.41. The summed E-state index contributed by atoms with van der Waals surface area (Å²) in [5, 5.41) is 7.00. The Balaban J connectivity index is -0.000000138. The van der Waals surface area contributed by atoms with Gasteiger partial charge in [0.05, 0.1) is 0 Å². The van der Waals surface area contributed by atoms with Gasteiger partial charge in [-0.1, -0.05) is 40.3 Å². The van der Waals surface area contributed by atoms with E-state index in [0.717, 1.165) is 0 Å². The molecule has 0 aliphatic rings. The highest BCUT2D eigenvalue weighted by Crippen LogP contribution is 1.75. The van der Waals surface area contributed by atoms with Crippen molar-refractivity contribution >= 4 is 0 Å². The van der Waals surface area contributed by atoms with Gasteiger partial charge in [0.25, 0.3) is 0 Å². The van der Waals surface area contributed by atoms with Crippen LogP contribution in [0.25, 0.3) is 0 Å². The van der Waals surface area contributed by atoms with Crippen LogP contribution in [0.2, 0.25) is 0 Å². The number of rotatable bonds is 2. The molecule has 0 heterocycles. The van der Waals surface area contributed by atoms with Gasteiger partial charge in [0, 0.05) is 12.4 Å². The smallest absolute Gasteiger partial charge is 0.0452 e. The minimum atomic E-state index is 1.39. The summed E-state index contributed by atoms with van der Waals surface area (Å²) in [6, 6.07) is 0. The van der Waals surface area contributed by atoms with E-state index in [0.29, 0.717) is 0 Å². The molecule has 0 rings (SSSR count). The second-order valence-corrected chi connectivity index (χ2v) is 0.896. The molecule has 0 saturated heterocycles. The first-order valence-corrected chi connectivity index (χ1v) is 4.04. The lowest BCUT2D eigenvalue weighted by Gasteiger charge is -1.65. The van der Waals surface area contributed by atoms with Crippen molar-refractivity contribution in [3.63, 3.8) is 0 Å². The number of hydrogen-bond acceptors (Lipinski definition) is 2. The van der Waals surface area contributed by atoms with Crippen LogP contribution in [0.3, 0.4) is 0 Å². The van der Waals surface area contributed by atoms with Crippen molar-refractivity contribution in [3.8, 4) is 0 Å². The summed E-state index contributed by atoms with van der Waals surface area (Å²) in [4.78, 5) is 0. The van der Waals surface area contributed by atoms with Gasteiger partial charge in [0.15, 0.2) is 0 Å². The molecule has 0 amide bonds. The van der Waals surface area contributed by atoms with Gasteiger partial charge in [0.1, 0.15) is 0 Å². The zero-order chi connectivity index (χ0) is 9.54. The normalized spacial score (nSPS) is 8.09. The number of allylic oxidation sites excluding steroid dienone is 1. The molecule has 0 atom stereocenters. The van der Waals surface area contributed by atoms with Crippen LogP contribution in [0, 0.1) is 0 Å². The fourth-order valence-corrected chi connectivity index (χ4v) is 0.152. The molecule has 0 bridgehead atoms. The van der Waals surface area contributed by atoms with Gasteiger partial charge in [-0.25, -0.2) is 0 Å². The van der Waals surface area contributed by atoms with E-state index in [1.165, 1.54) is 6.20 Å². The lowest BCUT2D eigenvalue weighted by molar-refractivity contribution is 1.22. The maximum atomic E-state index is 3.53. The summed E-state index contributed by atoms with van der Waals surface area (Å²) < 4.78 is 0. The van der Waals surface area contributed by atoms with Crippen molar-refractivity contribution in [1.82, 2.24) is 0 Å². The molecule has 0 spiro atoms. The van der Waals surface area contributed by atoms with E-state index in [1.54, 1.807) is 12.3 Å².